The van der Waals surface area contributed by atoms with E-state index in [9.17, 15) is 14.4 Å². The zero-order valence-corrected chi connectivity index (χ0v) is 53.0. The molecule has 1 unspecified atom stereocenters. The van der Waals surface area contributed by atoms with E-state index in [2.05, 4.69) is 142 Å². The number of hydrogen-bond acceptors (Lipinski definition) is 6. The lowest BCUT2D eigenvalue weighted by Gasteiger charge is -2.18. The Morgan fingerprint density at radius 2 is 0.481 bits per heavy atom. The first-order chi connectivity index (χ1) is 40.0. The summed E-state index contributed by atoms with van der Waals surface area (Å²) in [6, 6.07) is 0. The zero-order valence-electron chi connectivity index (χ0n) is 53.0. The van der Waals surface area contributed by atoms with Crippen LogP contribution in [0.5, 0.6) is 0 Å². The van der Waals surface area contributed by atoms with Crippen LogP contribution in [0.4, 0.5) is 0 Å². The Morgan fingerprint density at radius 3 is 0.753 bits per heavy atom. The summed E-state index contributed by atoms with van der Waals surface area (Å²) < 4.78 is 17.0. The molecule has 6 heteroatoms. The molecule has 0 aliphatic heterocycles. The maximum atomic E-state index is 13.0. The number of hydrogen-bond donors (Lipinski definition) is 0. The van der Waals surface area contributed by atoms with E-state index in [4.69, 9.17) is 14.2 Å². The van der Waals surface area contributed by atoms with E-state index in [1.54, 1.807) is 0 Å². The maximum absolute atomic E-state index is 13.0. The Hall–Kier alpha value is -4.19. The van der Waals surface area contributed by atoms with Crippen LogP contribution in [0.15, 0.2) is 122 Å². The Balaban J connectivity index is 4.43. The minimum absolute atomic E-state index is 0.0858. The molecule has 0 heterocycles. The van der Waals surface area contributed by atoms with E-state index in [1.165, 1.54) is 141 Å². The molecule has 0 aromatic heterocycles. The highest BCUT2D eigenvalue weighted by molar-refractivity contribution is 5.71. The first-order valence-electron chi connectivity index (χ1n) is 34.0. The van der Waals surface area contributed by atoms with Gasteiger partial charge in [0, 0.05) is 19.3 Å². The monoisotopic (exact) mass is 1120 g/mol. The number of carbonyl (C=O) groups excluding carboxylic acids is 3. The number of unbranched alkanes of at least 4 members (excludes halogenated alkanes) is 30. The fraction of sp³-hybridized carbons (Fsp3) is 0.693. The minimum Gasteiger partial charge on any atom is -0.462 e. The van der Waals surface area contributed by atoms with E-state index < -0.39 is 6.10 Å². The van der Waals surface area contributed by atoms with Crippen molar-refractivity contribution in [2.75, 3.05) is 13.2 Å². The van der Waals surface area contributed by atoms with E-state index >= 15 is 0 Å². The first-order valence-corrected chi connectivity index (χ1v) is 34.0. The van der Waals surface area contributed by atoms with E-state index in [1.807, 2.05) is 0 Å². The van der Waals surface area contributed by atoms with Gasteiger partial charge in [-0.15, -0.1) is 0 Å². The number of allylic oxidation sites excluding steroid dienone is 20. The average molecular weight is 1120 g/mol. The van der Waals surface area contributed by atoms with E-state index in [0.29, 0.717) is 19.3 Å². The normalized spacial score (nSPS) is 12.9. The summed E-state index contributed by atoms with van der Waals surface area (Å²) in [5, 5.41) is 0. The van der Waals surface area contributed by atoms with Crippen LogP contribution in [0.1, 0.15) is 316 Å². The average Bonchev–Trinajstić information content (AvgIpc) is 3.47. The lowest BCUT2D eigenvalue weighted by atomic mass is 10.0. The molecule has 0 spiro atoms. The SMILES string of the molecule is CC/C=C\C/C=C\C/C=C\C/C=C\C/C=C\CCCCCCCCCC(=O)OCC(COC(=O)CCCCCCCCCCCCCCCCCCC)OC(=O)CCCCCCCCC/C=C\C/C=C\C/C=C\C/C=C\C/C=C\CC. The van der Waals surface area contributed by atoms with Crippen molar-refractivity contribution in [3.8, 4) is 0 Å². The Kier molecular flexibility index (Phi) is 64.8. The number of esters is 3. The molecule has 462 valence electrons. The molecule has 1 atom stereocenters. The Morgan fingerprint density at radius 1 is 0.259 bits per heavy atom. The van der Waals surface area contributed by atoms with Crippen LogP contribution in [0.25, 0.3) is 0 Å². The molecule has 0 bridgehead atoms. The van der Waals surface area contributed by atoms with Gasteiger partial charge in [0.25, 0.3) is 0 Å². The van der Waals surface area contributed by atoms with Crippen LogP contribution in [0.2, 0.25) is 0 Å². The highest BCUT2D eigenvalue weighted by atomic mass is 16.6. The van der Waals surface area contributed by atoms with Crippen molar-refractivity contribution in [2.24, 2.45) is 0 Å². The van der Waals surface area contributed by atoms with Crippen LogP contribution >= 0.6 is 0 Å². The molecule has 81 heavy (non-hydrogen) atoms. The summed E-state index contributed by atoms with van der Waals surface area (Å²) in [6.45, 7) is 6.43. The zero-order chi connectivity index (χ0) is 58.5. The van der Waals surface area contributed by atoms with Crippen molar-refractivity contribution in [2.45, 2.75) is 322 Å². The molecule has 0 aromatic rings. The lowest BCUT2D eigenvalue weighted by molar-refractivity contribution is -0.167. The summed E-state index contributed by atoms with van der Waals surface area (Å²) in [6.07, 6.45) is 94.9. The van der Waals surface area contributed by atoms with Gasteiger partial charge in [-0.3, -0.25) is 14.4 Å². The highest BCUT2D eigenvalue weighted by Crippen LogP contribution is 2.17. The third-order valence-corrected chi connectivity index (χ3v) is 14.5. The molecule has 0 N–H and O–H groups in total. The van der Waals surface area contributed by atoms with Gasteiger partial charge in [-0.05, 0) is 109 Å². The van der Waals surface area contributed by atoms with Crippen LogP contribution in [-0.4, -0.2) is 37.2 Å². The molecule has 0 fully saturated rings. The summed E-state index contributed by atoms with van der Waals surface area (Å²) in [5.74, 6) is -0.897. The van der Waals surface area contributed by atoms with Gasteiger partial charge >= 0.3 is 17.9 Å². The van der Waals surface area contributed by atoms with Gasteiger partial charge in [-0.2, -0.15) is 0 Å². The smallest absolute Gasteiger partial charge is 0.306 e. The van der Waals surface area contributed by atoms with Crippen LogP contribution < -0.4 is 0 Å². The van der Waals surface area contributed by atoms with E-state index in [-0.39, 0.29) is 31.1 Å². The van der Waals surface area contributed by atoms with Gasteiger partial charge < -0.3 is 14.2 Å². The second-order valence-corrected chi connectivity index (χ2v) is 22.3. The molecular formula is C75H126O6. The topological polar surface area (TPSA) is 78.9 Å². The summed E-state index contributed by atoms with van der Waals surface area (Å²) in [5.41, 5.74) is 0. The van der Waals surface area contributed by atoms with Crippen molar-refractivity contribution >= 4 is 17.9 Å². The van der Waals surface area contributed by atoms with Crippen molar-refractivity contribution in [1.82, 2.24) is 0 Å². The molecule has 0 aliphatic rings. The standard InChI is InChI=1S/C75H126O6/c1-4-7-10-13-16-19-22-25-28-31-33-35-37-39-41-44-47-50-53-56-59-62-65-68-74(77)80-71-72(70-79-73(76)67-64-61-58-55-52-49-46-43-30-27-24-21-18-15-12-9-6-3)81-75(78)69-66-63-60-57-54-51-48-45-42-40-38-36-34-32-29-26-23-20-17-14-11-8-5-2/h7-8,10-11,16-17,19-20,25-26,28-29,33-36,39-42,72H,4-6,9,12-15,18,21-24,27,30-32,37-38,43-71H2,1-3H3/b10-7-,11-8-,19-16-,20-17-,28-25-,29-26-,35-33-,36-34-,41-39-,42-40-. The summed E-state index contributed by atoms with van der Waals surface area (Å²) in [4.78, 5) is 38.5. The van der Waals surface area contributed by atoms with Crippen molar-refractivity contribution in [3.63, 3.8) is 0 Å². The van der Waals surface area contributed by atoms with Crippen LogP contribution in [0, 0.1) is 0 Å². The van der Waals surface area contributed by atoms with Gasteiger partial charge in [-0.1, -0.05) is 309 Å². The Bertz CT molecular complexity index is 1670. The molecule has 0 saturated heterocycles. The molecule has 0 aliphatic carbocycles. The number of rotatable bonds is 61. The van der Waals surface area contributed by atoms with Gasteiger partial charge in [0.15, 0.2) is 6.10 Å². The number of ether oxygens (including phenoxy) is 3. The van der Waals surface area contributed by atoms with Crippen molar-refractivity contribution < 1.29 is 28.6 Å². The van der Waals surface area contributed by atoms with E-state index in [0.717, 1.165) is 135 Å². The Labute approximate surface area is 501 Å². The van der Waals surface area contributed by atoms with Crippen LogP contribution in [-0.2, 0) is 28.6 Å². The second-order valence-electron chi connectivity index (χ2n) is 22.3. The highest BCUT2D eigenvalue weighted by Gasteiger charge is 2.19. The largest absolute Gasteiger partial charge is 0.462 e. The van der Waals surface area contributed by atoms with Gasteiger partial charge in [0.1, 0.15) is 13.2 Å². The molecule has 0 radical (unpaired) electrons. The summed E-state index contributed by atoms with van der Waals surface area (Å²) in [7, 11) is 0. The fourth-order valence-electron chi connectivity index (χ4n) is 9.44. The number of carbonyl (C=O) groups is 3. The first kappa shape index (κ1) is 76.8. The van der Waals surface area contributed by atoms with Gasteiger partial charge in [0.2, 0.25) is 0 Å². The molecular weight excluding hydrogens is 997 g/mol. The quantitative estimate of drug-likeness (QED) is 0.0261. The third kappa shape index (κ3) is 66.5. The predicted molar refractivity (Wildman–Crippen MR) is 353 cm³/mol. The van der Waals surface area contributed by atoms with Gasteiger partial charge in [-0.25, -0.2) is 0 Å². The van der Waals surface area contributed by atoms with Crippen molar-refractivity contribution in [3.05, 3.63) is 122 Å². The molecule has 0 rings (SSSR count). The third-order valence-electron chi connectivity index (χ3n) is 14.5. The maximum Gasteiger partial charge on any atom is 0.306 e. The fourth-order valence-corrected chi connectivity index (χ4v) is 9.44. The van der Waals surface area contributed by atoms with Crippen LogP contribution in [0.3, 0.4) is 0 Å². The predicted octanol–water partition coefficient (Wildman–Crippen LogP) is 23.6. The molecule has 0 amide bonds. The lowest BCUT2D eigenvalue weighted by Crippen LogP contribution is -2.30. The minimum atomic E-state index is -0.793. The summed E-state index contributed by atoms with van der Waals surface area (Å²) >= 11 is 0. The molecule has 0 saturated carbocycles. The van der Waals surface area contributed by atoms with Gasteiger partial charge in [0.05, 0.1) is 0 Å². The second kappa shape index (κ2) is 68.3. The molecule has 0 aromatic carbocycles. The van der Waals surface area contributed by atoms with Crippen molar-refractivity contribution in [1.29, 1.82) is 0 Å². The molecule has 6 nitrogen and oxygen atoms in total.